The number of nitrogens with two attached hydrogens (primary N) is 1. The van der Waals surface area contributed by atoms with Crippen molar-refractivity contribution < 1.29 is 48.2 Å². The van der Waals surface area contributed by atoms with E-state index >= 15 is 0 Å². The van der Waals surface area contributed by atoms with Crippen LogP contribution in [0.15, 0.2) is 35.7 Å². The van der Waals surface area contributed by atoms with E-state index in [2.05, 4.69) is 15.6 Å². The Labute approximate surface area is 399 Å². The monoisotopic (exact) mass is 952 g/mol. The number of nitrogens with one attached hydrogen (secondary N) is 2. The molecular weight excluding hydrogens is 879 g/mol. The molecule has 5 N–H and O–H groups in total. The van der Waals surface area contributed by atoms with Crippen molar-refractivity contribution >= 4 is 64.1 Å². The molecule has 0 bridgehead atoms. The van der Waals surface area contributed by atoms with Crippen LogP contribution >= 0.6 is 11.3 Å². The number of phenols is 1. The normalized spacial score (nSPS) is 15.5. The predicted octanol–water partition coefficient (Wildman–Crippen LogP) is 5.61. The minimum Gasteiger partial charge on any atom is -0.506 e. The second-order valence-electron chi connectivity index (χ2n) is 18.8. The number of phenolic OH excluding ortho intramolecular Hbond substituents is 1. The van der Waals surface area contributed by atoms with Gasteiger partial charge in [0.15, 0.2) is 11.9 Å². The molecule has 67 heavy (non-hydrogen) atoms. The molecular formula is C49H73N7O10S. The van der Waals surface area contributed by atoms with Gasteiger partial charge in [-0.15, -0.1) is 11.3 Å². The van der Waals surface area contributed by atoms with Gasteiger partial charge in [-0.25, -0.2) is 4.98 Å². The van der Waals surface area contributed by atoms with Gasteiger partial charge in [-0.2, -0.15) is 0 Å². The summed E-state index contributed by atoms with van der Waals surface area (Å²) in [4.78, 5) is 113. The number of anilines is 1. The number of imide groups is 1. The van der Waals surface area contributed by atoms with Crippen LogP contribution in [0.3, 0.4) is 0 Å². The molecule has 1 aromatic carbocycles. The second kappa shape index (κ2) is 25.7. The number of esters is 1. The summed E-state index contributed by atoms with van der Waals surface area (Å²) in [6, 6.07) is 3.59. The number of nitrogens with zero attached hydrogens (tertiary/aromatic N) is 4. The largest absolute Gasteiger partial charge is 0.506 e. The van der Waals surface area contributed by atoms with Crippen molar-refractivity contribution in [1.29, 1.82) is 0 Å². The molecule has 5 amide bonds. The van der Waals surface area contributed by atoms with E-state index in [1.54, 1.807) is 36.4 Å². The van der Waals surface area contributed by atoms with E-state index in [0.717, 1.165) is 16.2 Å². The average Bonchev–Trinajstić information content (AvgIpc) is 3.89. The topological polar surface area (TPSA) is 239 Å². The van der Waals surface area contributed by atoms with Crippen LogP contribution in [0.25, 0.3) is 0 Å². The Morgan fingerprint density at radius 1 is 0.970 bits per heavy atom. The summed E-state index contributed by atoms with van der Waals surface area (Å²) < 4.78 is 5.83. The molecule has 18 heteroatoms. The Hall–Kier alpha value is -5.33. The number of aromatic hydroxyl groups is 1. The number of likely N-dealkylation sites (N-methyl/N-ethyl adjacent to an activating group) is 1. The number of ether oxygens (including phenoxy) is 1. The molecule has 3 rings (SSSR count). The zero-order chi connectivity index (χ0) is 50.3. The smallest absolute Gasteiger partial charge is 0.303 e. The summed E-state index contributed by atoms with van der Waals surface area (Å²) in [5, 5.41) is 18.3. The van der Waals surface area contributed by atoms with Gasteiger partial charge < -0.3 is 31.1 Å². The molecule has 0 fully saturated rings. The van der Waals surface area contributed by atoms with E-state index in [9.17, 15) is 43.5 Å². The maximum Gasteiger partial charge on any atom is 0.303 e. The molecule has 0 saturated heterocycles. The van der Waals surface area contributed by atoms with Gasteiger partial charge in [0.25, 0.3) is 17.7 Å². The quantitative estimate of drug-likeness (QED) is 0.0462. The lowest BCUT2D eigenvalue weighted by molar-refractivity contribution is -0.150. The zero-order valence-electron chi connectivity index (χ0n) is 41.2. The van der Waals surface area contributed by atoms with Crippen molar-refractivity contribution in [2.24, 2.45) is 29.4 Å². The van der Waals surface area contributed by atoms with Gasteiger partial charge in [0.1, 0.15) is 22.2 Å². The molecule has 1 aliphatic heterocycles. The number of thiazole rings is 1. The van der Waals surface area contributed by atoms with Crippen molar-refractivity contribution in [3.05, 3.63) is 52.0 Å². The fourth-order valence-corrected chi connectivity index (χ4v) is 8.71. The molecule has 0 saturated carbocycles. The van der Waals surface area contributed by atoms with Crippen molar-refractivity contribution in [2.75, 3.05) is 39.5 Å². The highest BCUT2D eigenvalue weighted by atomic mass is 32.1. The Bertz CT molecular complexity index is 2100. The summed E-state index contributed by atoms with van der Waals surface area (Å²) >= 11 is 1.14. The third kappa shape index (κ3) is 16.2. The fourth-order valence-electron chi connectivity index (χ4n) is 7.87. The first-order chi connectivity index (χ1) is 31.4. The van der Waals surface area contributed by atoms with E-state index in [-0.39, 0.29) is 97.9 Å². The minimum atomic E-state index is -0.910. The summed E-state index contributed by atoms with van der Waals surface area (Å²) in [5.74, 6) is -4.06. The third-order valence-electron chi connectivity index (χ3n) is 12.9. The lowest BCUT2D eigenvalue weighted by atomic mass is 9.81. The molecule has 2 heterocycles. The minimum absolute atomic E-state index is 0.0146. The highest BCUT2D eigenvalue weighted by Gasteiger charge is 2.39. The van der Waals surface area contributed by atoms with Gasteiger partial charge in [0.2, 0.25) is 11.8 Å². The molecule has 1 aliphatic rings. The Morgan fingerprint density at radius 2 is 1.63 bits per heavy atom. The fraction of sp³-hybridized carbons (Fsp3) is 0.612. The van der Waals surface area contributed by atoms with Crippen LogP contribution in [0.4, 0.5) is 5.69 Å². The predicted molar refractivity (Wildman–Crippen MR) is 257 cm³/mol. The van der Waals surface area contributed by atoms with E-state index in [1.165, 1.54) is 25.1 Å². The molecule has 0 aliphatic carbocycles. The number of Topliss-reactive ketones (excluding diaryl/α,β-unsaturated/α-hetero) is 2. The van der Waals surface area contributed by atoms with Crippen LogP contribution < -0.4 is 16.4 Å². The van der Waals surface area contributed by atoms with Crippen molar-refractivity contribution in [3.63, 3.8) is 0 Å². The first kappa shape index (κ1) is 56.0. The highest BCUT2D eigenvalue weighted by Crippen LogP contribution is 2.33. The molecule has 17 nitrogen and oxygen atoms in total. The van der Waals surface area contributed by atoms with E-state index in [4.69, 9.17) is 10.5 Å². The Kier molecular flexibility index (Phi) is 21.5. The standard InChI is InChI=1S/C49H73N7O10S/c1-12-30(4)35(26-42(60)49(7,8)54(9)10)48(65)55(11)38(29(2)3)27-41(66-32(6)57)47-53-37(28-67-47)46(64)51-34(23-31(5)39(58)15-13-21-50)24-33-17-18-40(59)36(25-33)52-43(61)16-14-22-56-44(62)19-20-45(56)63/h17-20,25,28-31,34-35,38,41,59H,12-16,21-24,26-27,50H2,1-11H3,(H,51,64)(H,52,61)/t30-,31?,34+,35-,38+,41+/m0/s1. The number of carbonyl (C=O) groups excluding carboxylic acids is 8. The zero-order valence-corrected chi connectivity index (χ0v) is 42.0. The Morgan fingerprint density at radius 3 is 2.21 bits per heavy atom. The van der Waals surface area contributed by atoms with E-state index in [1.807, 2.05) is 60.5 Å². The van der Waals surface area contributed by atoms with Gasteiger partial charge in [0.05, 0.1) is 11.2 Å². The highest BCUT2D eigenvalue weighted by molar-refractivity contribution is 7.09. The van der Waals surface area contributed by atoms with Crippen LogP contribution in [0.5, 0.6) is 5.75 Å². The summed E-state index contributed by atoms with van der Waals surface area (Å²) in [5.41, 5.74) is 5.71. The van der Waals surface area contributed by atoms with Crippen LogP contribution in [-0.2, 0) is 44.7 Å². The van der Waals surface area contributed by atoms with Crippen LogP contribution in [0.2, 0.25) is 0 Å². The molecule has 370 valence electrons. The molecule has 6 atom stereocenters. The van der Waals surface area contributed by atoms with E-state index < -0.39 is 65.2 Å². The second-order valence-corrected chi connectivity index (χ2v) is 19.7. The first-order valence-electron chi connectivity index (χ1n) is 23.2. The summed E-state index contributed by atoms with van der Waals surface area (Å²) in [6.07, 6.45) is 3.82. The van der Waals surface area contributed by atoms with Gasteiger partial charge in [0, 0.05) is 87.7 Å². The maximum absolute atomic E-state index is 14.3. The number of ketones is 2. The number of benzene rings is 1. The number of amides is 5. The lowest BCUT2D eigenvalue weighted by Crippen LogP contribution is -2.50. The SMILES string of the molecule is CC[C@H](C)[C@H](CC(=O)C(C)(C)N(C)C)C(=O)N(C)[C@H](C[C@@H](OC(C)=O)c1nc(C(=O)N[C@@H](Cc2ccc(O)c(NC(=O)CCCN3C(=O)C=CC3=O)c2)CC(C)C(=O)CCCN)cs1)C(C)C. The molecule has 0 radical (unpaired) electrons. The van der Waals surface area contributed by atoms with Crippen molar-refractivity contribution in [1.82, 2.24) is 25.0 Å². The number of rotatable bonds is 28. The van der Waals surface area contributed by atoms with Crippen LogP contribution in [0, 0.1) is 23.7 Å². The number of hydrogen-bond donors (Lipinski definition) is 4. The Balaban J connectivity index is 1.85. The van der Waals surface area contributed by atoms with Crippen LogP contribution in [0.1, 0.15) is 134 Å². The number of hydrogen-bond acceptors (Lipinski definition) is 14. The molecule has 1 unspecified atom stereocenters. The van der Waals surface area contributed by atoms with Crippen molar-refractivity contribution in [3.8, 4) is 5.75 Å². The van der Waals surface area contributed by atoms with Crippen molar-refractivity contribution in [2.45, 2.75) is 137 Å². The van der Waals surface area contributed by atoms with Gasteiger partial charge >= 0.3 is 5.97 Å². The average molecular weight is 952 g/mol. The molecule has 1 aromatic heterocycles. The molecule has 0 spiro atoms. The number of aromatic nitrogens is 1. The first-order valence-corrected chi connectivity index (χ1v) is 24.1. The molecule has 2 aromatic rings. The van der Waals surface area contributed by atoms with Gasteiger partial charge in [-0.05, 0) is 89.7 Å². The van der Waals surface area contributed by atoms with Crippen LogP contribution in [-0.4, -0.2) is 124 Å². The van der Waals surface area contributed by atoms with Gasteiger partial charge in [-0.1, -0.05) is 47.1 Å². The number of carbonyl (C=O) groups is 8. The summed E-state index contributed by atoms with van der Waals surface area (Å²) in [7, 11) is 5.39. The van der Waals surface area contributed by atoms with E-state index in [0.29, 0.717) is 30.0 Å². The lowest BCUT2D eigenvalue weighted by Gasteiger charge is -2.38. The third-order valence-corrected chi connectivity index (χ3v) is 13.9. The maximum atomic E-state index is 14.3. The van der Waals surface area contributed by atoms with Gasteiger partial charge in [-0.3, -0.25) is 48.2 Å². The summed E-state index contributed by atoms with van der Waals surface area (Å²) in [6.45, 7) is 15.1.